The van der Waals surface area contributed by atoms with Crippen LogP contribution in [0.4, 0.5) is 0 Å². The molecule has 0 aromatic heterocycles. The molecule has 0 amide bonds. The van der Waals surface area contributed by atoms with E-state index in [0.717, 1.165) is 18.2 Å². The first-order valence-corrected chi connectivity index (χ1v) is 7.53. The minimum absolute atomic E-state index is 0.132. The second-order valence-electron chi connectivity index (χ2n) is 5.85. The average Bonchev–Trinajstić information content (AvgIpc) is 2.89. The maximum Gasteiger partial charge on any atom is 0.0681 e. The van der Waals surface area contributed by atoms with Gasteiger partial charge in [0.25, 0.3) is 0 Å². The van der Waals surface area contributed by atoms with Gasteiger partial charge in [-0.15, -0.1) is 0 Å². The molecule has 0 radical (unpaired) electrons. The molecule has 2 heterocycles. The molecular weight excluding hydrogens is 236 g/mol. The maximum atomic E-state index is 9.04. The highest BCUT2D eigenvalue weighted by molar-refractivity contribution is 5.22. The van der Waals surface area contributed by atoms with Crippen molar-refractivity contribution in [3.63, 3.8) is 0 Å². The number of nitrogens with zero attached hydrogens (tertiary/aromatic N) is 1. The van der Waals surface area contributed by atoms with Crippen LogP contribution in [0.1, 0.15) is 36.8 Å². The van der Waals surface area contributed by atoms with Crippen LogP contribution in [-0.2, 0) is 13.2 Å². The lowest BCUT2D eigenvalue weighted by Gasteiger charge is -2.32. The van der Waals surface area contributed by atoms with E-state index < -0.39 is 0 Å². The third-order valence-electron chi connectivity index (χ3n) is 4.63. The highest BCUT2D eigenvalue weighted by Crippen LogP contribution is 2.27. The molecule has 1 aromatic rings. The van der Waals surface area contributed by atoms with Crippen molar-refractivity contribution >= 4 is 0 Å². The minimum atomic E-state index is 0.132. The van der Waals surface area contributed by atoms with Gasteiger partial charge in [-0.3, -0.25) is 4.90 Å². The Morgan fingerprint density at radius 2 is 1.84 bits per heavy atom. The number of rotatable bonds is 4. The number of benzene rings is 1. The summed E-state index contributed by atoms with van der Waals surface area (Å²) in [5, 5.41) is 12.8. The Bertz CT molecular complexity index is 404. The SMILES string of the molecule is OCc1ccc(CNC2CCN3CCCCC23)cc1. The van der Waals surface area contributed by atoms with Crippen LogP contribution < -0.4 is 5.32 Å². The number of hydrogen-bond donors (Lipinski definition) is 2. The number of aliphatic hydroxyl groups is 1. The molecule has 3 heteroatoms. The van der Waals surface area contributed by atoms with Crippen LogP contribution in [0.15, 0.2) is 24.3 Å². The van der Waals surface area contributed by atoms with Crippen molar-refractivity contribution < 1.29 is 5.11 Å². The molecule has 3 nitrogen and oxygen atoms in total. The first-order chi connectivity index (χ1) is 9.36. The Kier molecular flexibility index (Phi) is 4.16. The Morgan fingerprint density at radius 3 is 2.63 bits per heavy atom. The first kappa shape index (κ1) is 13.1. The molecule has 2 aliphatic rings. The molecule has 2 aliphatic heterocycles. The van der Waals surface area contributed by atoms with E-state index in [1.54, 1.807) is 0 Å². The van der Waals surface area contributed by atoms with Gasteiger partial charge in [0.1, 0.15) is 0 Å². The summed E-state index contributed by atoms with van der Waals surface area (Å²) in [5.74, 6) is 0. The summed E-state index contributed by atoms with van der Waals surface area (Å²) >= 11 is 0. The fourth-order valence-electron chi connectivity index (χ4n) is 3.50. The molecule has 104 valence electrons. The second kappa shape index (κ2) is 6.04. The average molecular weight is 260 g/mol. The Balaban J connectivity index is 1.54. The van der Waals surface area contributed by atoms with Crippen molar-refractivity contribution in [3.8, 4) is 0 Å². The molecule has 2 saturated heterocycles. The smallest absolute Gasteiger partial charge is 0.0681 e. The zero-order valence-corrected chi connectivity index (χ0v) is 11.5. The summed E-state index contributed by atoms with van der Waals surface area (Å²) in [7, 11) is 0. The lowest BCUT2D eigenvalue weighted by atomic mass is 9.99. The van der Waals surface area contributed by atoms with E-state index in [-0.39, 0.29) is 6.61 Å². The van der Waals surface area contributed by atoms with Crippen LogP contribution >= 0.6 is 0 Å². The molecule has 2 fully saturated rings. The molecule has 0 bridgehead atoms. The van der Waals surface area contributed by atoms with E-state index in [2.05, 4.69) is 22.3 Å². The lowest BCUT2D eigenvalue weighted by molar-refractivity contribution is 0.180. The van der Waals surface area contributed by atoms with Gasteiger partial charge in [-0.2, -0.15) is 0 Å². The Hall–Kier alpha value is -0.900. The summed E-state index contributed by atoms with van der Waals surface area (Å²) < 4.78 is 0. The molecule has 2 N–H and O–H groups in total. The van der Waals surface area contributed by atoms with Crippen LogP contribution in [0.25, 0.3) is 0 Å². The number of aliphatic hydroxyl groups excluding tert-OH is 1. The lowest BCUT2D eigenvalue weighted by Crippen LogP contribution is -2.44. The van der Waals surface area contributed by atoms with E-state index in [9.17, 15) is 0 Å². The van der Waals surface area contributed by atoms with Crippen LogP contribution in [-0.4, -0.2) is 35.2 Å². The van der Waals surface area contributed by atoms with Crippen LogP contribution in [0, 0.1) is 0 Å². The largest absolute Gasteiger partial charge is 0.392 e. The fourth-order valence-corrected chi connectivity index (χ4v) is 3.50. The van der Waals surface area contributed by atoms with Gasteiger partial charge in [-0.05, 0) is 36.9 Å². The topological polar surface area (TPSA) is 35.5 Å². The Labute approximate surface area is 115 Å². The van der Waals surface area contributed by atoms with E-state index in [4.69, 9.17) is 5.11 Å². The van der Waals surface area contributed by atoms with Crippen molar-refractivity contribution in [2.24, 2.45) is 0 Å². The number of piperidine rings is 1. The maximum absolute atomic E-state index is 9.04. The first-order valence-electron chi connectivity index (χ1n) is 7.53. The normalized spacial score (nSPS) is 27.4. The van der Waals surface area contributed by atoms with Gasteiger partial charge >= 0.3 is 0 Å². The molecule has 0 aliphatic carbocycles. The summed E-state index contributed by atoms with van der Waals surface area (Å²) in [6.07, 6.45) is 5.43. The molecule has 2 unspecified atom stereocenters. The van der Waals surface area contributed by atoms with Gasteiger partial charge in [-0.25, -0.2) is 0 Å². The summed E-state index contributed by atoms with van der Waals surface area (Å²) in [5.41, 5.74) is 2.30. The van der Waals surface area contributed by atoms with Gasteiger partial charge < -0.3 is 10.4 Å². The molecular formula is C16H24N2O. The molecule has 0 saturated carbocycles. The van der Waals surface area contributed by atoms with Crippen LogP contribution in [0.3, 0.4) is 0 Å². The third-order valence-corrected chi connectivity index (χ3v) is 4.63. The highest BCUT2D eigenvalue weighted by atomic mass is 16.3. The Morgan fingerprint density at radius 1 is 1.05 bits per heavy atom. The predicted octanol–water partition coefficient (Wildman–Crippen LogP) is 1.90. The van der Waals surface area contributed by atoms with Gasteiger partial charge in [-0.1, -0.05) is 30.7 Å². The van der Waals surface area contributed by atoms with E-state index >= 15 is 0 Å². The summed E-state index contributed by atoms with van der Waals surface area (Å²) in [4.78, 5) is 2.66. The van der Waals surface area contributed by atoms with Crippen molar-refractivity contribution in [1.29, 1.82) is 0 Å². The monoisotopic (exact) mass is 260 g/mol. The van der Waals surface area contributed by atoms with Crippen LogP contribution in [0.5, 0.6) is 0 Å². The standard InChI is InChI=1S/C16H24N2O/c19-12-14-6-4-13(5-7-14)11-17-15-8-10-18-9-2-1-3-16(15)18/h4-7,15-17,19H,1-3,8-12H2. The molecule has 1 aromatic carbocycles. The zero-order valence-electron chi connectivity index (χ0n) is 11.5. The van der Waals surface area contributed by atoms with Crippen LogP contribution in [0.2, 0.25) is 0 Å². The van der Waals surface area contributed by atoms with Gasteiger partial charge in [0, 0.05) is 25.2 Å². The zero-order chi connectivity index (χ0) is 13.1. The van der Waals surface area contributed by atoms with E-state index in [0.29, 0.717) is 6.04 Å². The number of fused-ring (bicyclic) bond motifs is 1. The number of nitrogens with one attached hydrogen (secondary N) is 1. The predicted molar refractivity (Wildman–Crippen MR) is 76.8 cm³/mol. The second-order valence-corrected chi connectivity index (χ2v) is 5.85. The number of hydrogen-bond acceptors (Lipinski definition) is 3. The quantitative estimate of drug-likeness (QED) is 0.868. The van der Waals surface area contributed by atoms with Crippen molar-refractivity contribution in [2.75, 3.05) is 13.1 Å². The highest BCUT2D eigenvalue weighted by Gasteiger charge is 2.34. The van der Waals surface area contributed by atoms with Gasteiger partial charge in [0.05, 0.1) is 6.61 Å². The molecule has 19 heavy (non-hydrogen) atoms. The van der Waals surface area contributed by atoms with Crippen molar-refractivity contribution in [3.05, 3.63) is 35.4 Å². The van der Waals surface area contributed by atoms with E-state index in [1.165, 1.54) is 44.3 Å². The molecule has 0 spiro atoms. The third kappa shape index (κ3) is 2.99. The summed E-state index contributed by atoms with van der Waals surface area (Å²) in [6, 6.07) is 9.69. The minimum Gasteiger partial charge on any atom is -0.392 e. The fraction of sp³-hybridized carbons (Fsp3) is 0.625. The van der Waals surface area contributed by atoms with Gasteiger partial charge in [0.15, 0.2) is 0 Å². The molecule has 3 rings (SSSR count). The van der Waals surface area contributed by atoms with Crippen molar-refractivity contribution in [2.45, 2.75) is 50.9 Å². The molecule has 2 atom stereocenters. The van der Waals surface area contributed by atoms with E-state index in [1.807, 2.05) is 12.1 Å². The summed E-state index contributed by atoms with van der Waals surface area (Å²) in [6.45, 7) is 3.65. The van der Waals surface area contributed by atoms with Crippen molar-refractivity contribution in [1.82, 2.24) is 10.2 Å². The van der Waals surface area contributed by atoms with Gasteiger partial charge in [0.2, 0.25) is 0 Å².